The number of azide groups is 1. The van der Waals surface area contributed by atoms with E-state index in [0.717, 1.165) is 6.04 Å². The number of nitrogens with zero attached hydrogens (tertiary/aromatic N) is 3. The molecule has 4 aliphatic heterocycles. The maximum atomic E-state index is 11.2. The first-order valence-corrected chi connectivity index (χ1v) is 16.5. The summed E-state index contributed by atoms with van der Waals surface area (Å²) < 4.78 is 48.3. The van der Waals surface area contributed by atoms with Crippen LogP contribution in [0.25, 0.3) is 10.4 Å². The van der Waals surface area contributed by atoms with Gasteiger partial charge in [-0.3, -0.25) is 0 Å². The Kier molecular flexibility index (Phi) is 8.62. The molecule has 4 heterocycles. The van der Waals surface area contributed by atoms with Crippen LogP contribution in [0.3, 0.4) is 0 Å². The van der Waals surface area contributed by atoms with Crippen LogP contribution in [0.15, 0.2) is 5.11 Å². The Morgan fingerprint density at radius 1 is 1.00 bits per heavy atom. The first-order valence-electron chi connectivity index (χ1n) is 12.8. The number of ether oxygens (including phenoxy) is 8. The molecule has 10 atom stereocenters. The lowest BCUT2D eigenvalue weighted by atomic mass is 9.94. The molecule has 0 bridgehead atoms. The van der Waals surface area contributed by atoms with E-state index in [1.807, 2.05) is 0 Å². The van der Waals surface area contributed by atoms with Crippen LogP contribution in [0.1, 0.15) is 27.7 Å². The Hall–Kier alpha value is -0.873. The largest absolute Gasteiger partial charge is 0.394 e. The second-order valence-corrected chi connectivity index (χ2v) is 17.7. The van der Waals surface area contributed by atoms with Gasteiger partial charge in [-0.2, -0.15) is 0 Å². The van der Waals surface area contributed by atoms with E-state index in [1.165, 1.54) is 0 Å². The molecule has 0 aromatic heterocycles. The van der Waals surface area contributed by atoms with Crippen molar-refractivity contribution in [3.63, 3.8) is 0 Å². The highest BCUT2D eigenvalue weighted by Gasteiger charge is 2.58. The SMILES string of the molecule is CC1(C)O[C@@H]2[C@@H](O)[C@H](O[C@@H]3[C@@H](N=[N+]=[N-])[C@H](OCC[Si](C)(C)C)O[C@@H]4COC(C)(C)O[C@H]34)O[C@H](CO)[C@@H]2O1. The zero-order valence-corrected chi connectivity index (χ0v) is 23.6. The molecule has 0 amide bonds. The summed E-state index contributed by atoms with van der Waals surface area (Å²) in [5.41, 5.74) is 9.41. The molecule has 0 aromatic rings. The Labute approximate surface area is 218 Å². The Bertz CT molecular complexity index is 851. The zero-order valence-electron chi connectivity index (χ0n) is 22.6. The molecule has 0 aromatic carbocycles. The Morgan fingerprint density at radius 3 is 2.32 bits per heavy atom. The predicted molar refractivity (Wildman–Crippen MR) is 131 cm³/mol. The minimum absolute atomic E-state index is 0.206. The zero-order chi connectivity index (χ0) is 27.2. The average Bonchev–Trinajstić information content (AvgIpc) is 3.12. The van der Waals surface area contributed by atoms with E-state index in [-0.39, 0.29) is 13.2 Å². The third-order valence-corrected chi connectivity index (χ3v) is 8.58. The second kappa shape index (κ2) is 10.9. The summed E-state index contributed by atoms with van der Waals surface area (Å²) in [6.07, 6.45) is -7.88. The van der Waals surface area contributed by atoms with Gasteiger partial charge in [-0.1, -0.05) is 24.8 Å². The van der Waals surface area contributed by atoms with Crippen molar-refractivity contribution >= 4 is 8.07 Å². The van der Waals surface area contributed by atoms with E-state index in [9.17, 15) is 15.7 Å². The fourth-order valence-electron chi connectivity index (χ4n) is 5.04. The molecule has 4 fully saturated rings. The smallest absolute Gasteiger partial charge is 0.187 e. The van der Waals surface area contributed by atoms with E-state index in [2.05, 4.69) is 29.7 Å². The molecule has 4 rings (SSSR count). The molecule has 2 N–H and O–H groups in total. The lowest BCUT2D eigenvalue weighted by molar-refractivity contribution is -0.389. The van der Waals surface area contributed by atoms with Crippen LogP contribution in [-0.4, -0.2) is 111 Å². The number of aliphatic hydroxyl groups is 2. The molecule has 14 heteroatoms. The number of hydrogen-bond donors (Lipinski definition) is 2. The van der Waals surface area contributed by atoms with Crippen molar-refractivity contribution in [1.29, 1.82) is 0 Å². The summed E-state index contributed by atoms with van der Waals surface area (Å²) in [5.74, 6) is -1.92. The molecule has 0 spiro atoms. The standard InChI is InChI=1S/C23H41N3O10Si/c1-22(2)30-11-13-17(34-22)18(14(25-26-24)20(32-13)29-8-9-37(5,6)7)33-21-15(28)19-16(12(10-27)31-21)35-23(3,4)36-19/h12-21,27-28H,8-11H2,1-7H3/t12-,13-,14-,15-,16+,17+,18-,19-,20-,21+/m1/s1. The van der Waals surface area contributed by atoms with E-state index < -0.39 is 81.0 Å². The molecule has 0 saturated carbocycles. The quantitative estimate of drug-likeness (QED) is 0.198. The van der Waals surface area contributed by atoms with Crippen molar-refractivity contribution in [2.24, 2.45) is 5.11 Å². The molecule has 4 saturated heterocycles. The predicted octanol–water partition coefficient (Wildman–Crippen LogP) is 1.88. The number of rotatable bonds is 8. The average molecular weight is 548 g/mol. The highest BCUT2D eigenvalue weighted by molar-refractivity contribution is 6.76. The van der Waals surface area contributed by atoms with Crippen LogP contribution in [0.2, 0.25) is 25.7 Å². The van der Waals surface area contributed by atoms with Gasteiger partial charge in [0.1, 0.15) is 48.8 Å². The van der Waals surface area contributed by atoms with Crippen molar-refractivity contribution in [3.8, 4) is 0 Å². The van der Waals surface area contributed by atoms with Crippen LogP contribution in [-0.2, 0) is 37.9 Å². The van der Waals surface area contributed by atoms with E-state index in [4.69, 9.17) is 37.9 Å². The fourth-order valence-corrected chi connectivity index (χ4v) is 5.77. The molecule has 212 valence electrons. The molecule has 0 radical (unpaired) electrons. The minimum Gasteiger partial charge on any atom is -0.394 e. The first-order chi connectivity index (χ1) is 17.2. The van der Waals surface area contributed by atoms with Gasteiger partial charge in [-0.05, 0) is 39.3 Å². The van der Waals surface area contributed by atoms with Crippen molar-refractivity contribution in [1.82, 2.24) is 0 Å². The van der Waals surface area contributed by atoms with E-state index >= 15 is 0 Å². The number of hydrogen-bond acceptors (Lipinski definition) is 11. The molecular weight excluding hydrogens is 506 g/mol. The van der Waals surface area contributed by atoms with Gasteiger partial charge in [-0.25, -0.2) is 0 Å². The third kappa shape index (κ3) is 6.65. The van der Waals surface area contributed by atoms with E-state index in [0.29, 0.717) is 6.61 Å². The van der Waals surface area contributed by atoms with Crippen molar-refractivity contribution < 1.29 is 48.1 Å². The molecule has 4 aliphatic rings. The Balaban J connectivity index is 1.60. The summed E-state index contributed by atoms with van der Waals surface area (Å²) in [6, 6.07) is -0.0611. The van der Waals surface area contributed by atoms with Crippen molar-refractivity contribution in [2.45, 2.75) is 126 Å². The maximum Gasteiger partial charge on any atom is 0.187 e. The Morgan fingerprint density at radius 2 is 1.68 bits per heavy atom. The van der Waals surface area contributed by atoms with Crippen LogP contribution in [0, 0.1) is 0 Å². The van der Waals surface area contributed by atoms with E-state index in [1.54, 1.807) is 27.7 Å². The van der Waals surface area contributed by atoms with Gasteiger partial charge < -0.3 is 48.1 Å². The molecule has 37 heavy (non-hydrogen) atoms. The van der Waals surface area contributed by atoms with Gasteiger partial charge in [0, 0.05) is 19.6 Å². The number of fused-ring (bicyclic) bond motifs is 2. The fraction of sp³-hybridized carbons (Fsp3) is 1.00. The van der Waals surface area contributed by atoms with Crippen LogP contribution >= 0.6 is 0 Å². The summed E-state index contributed by atoms with van der Waals surface area (Å²) >= 11 is 0. The minimum atomic E-state index is -1.40. The monoisotopic (exact) mass is 547 g/mol. The summed E-state index contributed by atoms with van der Waals surface area (Å²) in [5, 5.41) is 25.1. The van der Waals surface area contributed by atoms with Crippen LogP contribution in [0.5, 0.6) is 0 Å². The highest BCUT2D eigenvalue weighted by Crippen LogP contribution is 2.41. The lowest BCUT2D eigenvalue weighted by Crippen LogP contribution is -2.67. The van der Waals surface area contributed by atoms with Gasteiger partial charge in [0.25, 0.3) is 0 Å². The van der Waals surface area contributed by atoms with Crippen LogP contribution < -0.4 is 0 Å². The topological polar surface area (TPSA) is 163 Å². The molecule has 0 unspecified atom stereocenters. The first kappa shape index (κ1) is 29.1. The highest BCUT2D eigenvalue weighted by atomic mass is 28.3. The summed E-state index contributed by atoms with van der Waals surface area (Å²) in [7, 11) is -1.40. The van der Waals surface area contributed by atoms with Gasteiger partial charge in [-0.15, -0.1) is 0 Å². The lowest BCUT2D eigenvalue weighted by Gasteiger charge is -2.51. The van der Waals surface area contributed by atoms with Crippen molar-refractivity contribution in [3.05, 3.63) is 10.4 Å². The van der Waals surface area contributed by atoms with Crippen molar-refractivity contribution in [2.75, 3.05) is 19.8 Å². The third-order valence-electron chi connectivity index (χ3n) is 6.87. The molecule has 13 nitrogen and oxygen atoms in total. The van der Waals surface area contributed by atoms with Crippen LogP contribution in [0.4, 0.5) is 0 Å². The number of aliphatic hydroxyl groups excluding tert-OH is 2. The maximum absolute atomic E-state index is 11.2. The second-order valence-electron chi connectivity index (χ2n) is 12.1. The van der Waals surface area contributed by atoms with Gasteiger partial charge >= 0.3 is 0 Å². The molecule has 0 aliphatic carbocycles. The van der Waals surface area contributed by atoms with Gasteiger partial charge in [0.2, 0.25) is 0 Å². The normalized spacial score (nSPS) is 42.9. The molecular formula is C23H41N3O10Si. The summed E-state index contributed by atoms with van der Waals surface area (Å²) in [6.45, 7) is 14.0. The summed E-state index contributed by atoms with van der Waals surface area (Å²) in [4.78, 5) is 3.02. The van der Waals surface area contributed by atoms with Gasteiger partial charge in [0.05, 0.1) is 13.2 Å². The van der Waals surface area contributed by atoms with Gasteiger partial charge in [0.15, 0.2) is 24.2 Å².